The molecular formula is C29H31F3N2. The Hall–Kier alpha value is -3.21. The number of hydrogen-bond acceptors (Lipinski definition) is 2. The third-order valence-corrected chi connectivity index (χ3v) is 6.44. The van der Waals surface area contributed by atoms with Crippen molar-refractivity contribution in [3.8, 4) is 11.1 Å². The van der Waals surface area contributed by atoms with Crippen LogP contribution >= 0.6 is 0 Å². The maximum absolute atomic E-state index is 13.0. The number of benzene rings is 3. The number of allylic oxidation sites excluding steroid dienone is 1. The van der Waals surface area contributed by atoms with E-state index < -0.39 is 11.7 Å². The summed E-state index contributed by atoms with van der Waals surface area (Å²) >= 11 is 0. The second-order valence-electron chi connectivity index (χ2n) is 8.99. The molecule has 4 rings (SSSR count). The van der Waals surface area contributed by atoms with E-state index in [1.165, 1.54) is 18.5 Å². The molecule has 5 heteroatoms. The fourth-order valence-corrected chi connectivity index (χ4v) is 4.42. The molecule has 1 aliphatic rings. The van der Waals surface area contributed by atoms with Crippen molar-refractivity contribution < 1.29 is 13.2 Å². The quantitative estimate of drug-likeness (QED) is 0.393. The summed E-state index contributed by atoms with van der Waals surface area (Å²) in [6.45, 7) is 6.57. The highest BCUT2D eigenvalue weighted by atomic mass is 19.4. The van der Waals surface area contributed by atoms with Crippen molar-refractivity contribution in [1.29, 1.82) is 0 Å². The van der Waals surface area contributed by atoms with Gasteiger partial charge in [0, 0.05) is 35.7 Å². The summed E-state index contributed by atoms with van der Waals surface area (Å²) in [5.41, 5.74) is 5.12. The van der Waals surface area contributed by atoms with Crippen LogP contribution in [0.4, 0.5) is 24.5 Å². The minimum atomic E-state index is -4.34. The van der Waals surface area contributed by atoms with Crippen LogP contribution in [0, 0.1) is 5.92 Å². The molecule has 0 amide bonds. The average molecular weight is 465 g/mol. The molecular weight excluding hydrogens is 433 g/mol. The van der Waals surface area contributed by atoms with Gasteiger partial charge in [-0.3, -0.25) is 0 Å². The molecule has 1 saturated heterocycles. The van der Waals surface area contributed by atoms with Gasteiger partial charge in [0.15, 0.2) is 0 Å². The van der Waals surface area contributed by atoms with Gasteiger partial charge >= 0.3 is 6.18 Å². The van der Waals surface area contributed by atoms with Gasteiger partial charge in [-0.1, -0.05) is 56.3 Å². The van der Waals surface area contributed by atoms with E-state index >= 15 is 0 Å². The van der Waals surface area contributed by atoms with E-state index in [2.05, 4.69) is 54.4 Å². The van der Waals surface area contributed by atoms with Crippen molar-refractivity contribution in [2.75, 3.05) is 23.3 Å². The molecule has 3 aromatic carbocycles. The number of hydrogen-bond donors (Lipinski definition) is 1. The molecule has 0 saturated carbocycles. The molecule has 1 fully saturated rings. The summed E-state index contributed by atoms with van der Waals surface area (Å²) in [6.07, 6.45) is 1.05. The molecule has 1 heterocycles. The van der Waals surface area contributed by atoms with Gasteiger partial charge in [-0.25, -0.2) is 0 Å². The molecule has 178 valence electrons. The van der Waals surface area contributed by atoms with Crippen LogP contribution in [-0.4, -0.2) is 13.1 Å². The smallest absolute Gasteiger partial charge is 0.372 e. The Balaban J connectivity index is 1.57. The summed E-state index contributed by atoms with van der Waals surface area (Å²) in [6, 6.07) is 21.7. The van der Waals surface area contributed by atoms with E-state index in [1.807, 2.05) is 24.3 Å². The Kier molecular flexibility index (Phi) is 7.30. The number of rotatable bonds is 6. The minimum absolute atomic E-state index is 0.639. The predicted molar refractivity (Wildman–Crippen MR) is 136 cm³/mol. The lowest BCUT2D eigenvalue weighted by molar-refractivity contribution is -0.137. The van der Waals surface area contributed by atoms with Crippen LogP contribution in [0.3, 0.4) is 0 Å². The molecule has 2 nitrogen and oxygen atoms in total. The van der Waals surface area contributed by atoms with Crippen LogP contribution in [0.5, 0.6) is 0 Å². The average Bonchev–Trinajstić information content (AvgIpc) is 2.84. The molecule has 0 aliphatic carbocycles. The van der Waals surface area contributed by atoms with Crippen LogP contribution in [0.15, 0.2) is 78.9 Å². The largest absolute Gasteiger partial charge is 0.416 e. The highest BCUT2D eigenvalue weighted by molar-refractivity contribution is 5.86. The first-order valence-electron chi connectivity index (χ1n) is 11.9. The Morgan fingerprint density at radius 2 is 1.59 bits per heavy atom. The van der Waals surface area contributed by atoms with Gasteiger partial charge in [-0.2, -0.15) is 13.2 Å². The monoisotopic (exact) mass is 464 g/mol. The second kappa shape index (κ2) is 10.4. The Labute approximate surface area is 200 Å². The Morgan fingerprint density at radius 3 is 2.21 bits per heavy atom. The van der Waals surface area contributed by atoms with E-state index in [0.29, 0.717) is 0 Å². The predicted octanol–water partition coefficient (Wildman–Crippen LogP) is 8.47. The number of halogens is 3. The molecule has 0 atom stereocenters. The van der Waals surface area contributed by atoms with Gasteiger partial charge in [-0.15, -0.1) is 0 Å². The maximum Gasteiger partial charge on any atom is 0.416 e. The zero-order chi connectivity index (χ0) is 24.1. The summed E-state index contributed by atoms with van der Waals surface area (Å²) < 4.78 is 39.0. The maximum atomic E-state index is 13.0. The van der Waals surface area contributed by atoms with Crippen molar-refractivity contribution in [3.05, 3.63) is 90.0 Å². The van der Waals surface area contributed by atoms with Crippen molar-refractivity contribution in [3.63, 3.8) is 0 Å². The summed E-state index contributed by atoms with van der Waals surface area (Å²) in [5, 5.41) is 3.54. The number of nitrogens with zero attached hydrogens (tertiary/aromatic N) is 1. The third-order valence-electron chi connectivity index (χ3n) is 6.44. The first-order chi connectivity index (χ1) is 16.3. The molecule has 0 unspecified atom stereocenters. The van der Waals surface area contributed by atoms with E-state index in [0.717, 1.165) is 65.6 Å². The molecule has 3 aromatic rings. The number of alkyl halides is 3. The van der Waals surface area contributed by atoms with E-state index in [1.54, 1.807) is 12.1 Å². The van der Waals surface area contributed by atoms with Crippen molar-refractivity contribution >= 4 is 17.1 Å². The fraction of sp³-hybridized carbons (Fsp3) is 0.310. The highest BCUT2D eigenvalue weighted by Gasteiger charge is 2.30. The normalized spacial score (nSPS) is 15.4. The Morgan fingerprint density at radius 1 is 0.941 bits per heavy atom. The van der Waals surface area contributed by atoms with Gasteiger partial charge in [0.2, 0.25) is 0 Å². The Bertz CT molecular complexity index is 1110. The molecule has 34 heavy (non-hydrogen) atoms. The number of nitrogens with one attached hydrogen (secondary N) is 1. The minimum Gasteiger partial charge on any atom is -0.372 e. The standard InChI is InChI=1S/C29H31F3N2/c1-3-6-28(33-24-13-15-25(16-14-24)34-19-17-21(2)18-20-34)27-8-5-4-7-26(27)22-9-11-23(12-10-22)29(30,31)32/h4-16,21,33H,3,17-20H2,1-2H3/b28-6-. The molecule has 1 aliphatic heterocycles. The zero-order valence-electron chi connectivity index (χ0n) is 19.7. The van der Waals surface area contributed by atoms with E-state index in [4.69, 9.17) is 0 Å². The summed E-state index contributed by atoms with van der Waals surface area (Å²) in [5.74, 6) is 0.795. The van der Waals surface area contributed by atoms with Crippen molar-refractivity contribution in [1.82, 2.24) is 0 Å². The lowest BCUT2D eigenvalue weighted by atomic mass is 9.96. The van der Waals surface area contributed by atoms with Crippen LogP contribution in [0.1, 0.15) is 44.2 Å². The number of piperidine rings is 1. The first-order valence-corrected chi connectivity index (χ1v) is 11.9. The van der Waals surface area contributed by atoms with Gasteiger partial charge in [0.1, 0.15) is 0 Å². The fourth-order valence-electron chi connectivity index (χ4n) is 4.42. The van der Waals surface area contributed by atoms with Crippen molar-refractivity contribution in [2.45, 2.75) is 39.3 Å². The molecule has 1 N–H and O–H groups in total. The van der Waals surface area contributed by atoms with Gasteiger partial charge in [-0.05, 0) is 72.7 Å². The lowest BCUT2D eigenvalue weighted by Gasteiger charge is -2.32. The topological polar surface area (TPSA) is 15.3 Å². The number of anilines is 2. The lowest BCUT2D eigenvalue weighted by Crippen LogP contribution is -2.32. The van der Waals surface area contributed by atoms with E-state index in [-0.39, 0.29) is 0 Å². The molecule has 0 aromatic heterocycles. The molecule has 0 bridgehead atoms. The molecule has 0 spiro atoms. The van der Waals surface area contributed by atoms with Crippen molar-refractivity contribution in [2.24, 2.45) is 5.92 Å². The first kappa shape index (κ1) is 23.9. The van der Waals surface area contributed by atoms with Gasteiger partial charge < -0.3 is 10.2 Å². The van der Waals surface area contributed by atoms with Gasteiger partial charge in [0.05, 0.1) is 5.56 Å². The van der Waals surface area contributed by atoms with Crippen LogP contribution in [-0.2, 0) is 6.18 Å². The van der Waals surface area contributed by atoms with E-state index in [9.17, 15) is 13.2 Å². The molecule has 0 radical (unpaired) electrons. The third kappa shape index (κ3) is 5.64. The summed E-state index contributed by atoms with van der Waals surface area (Å²) in [4.78, 5) is 2.44. The van der Waals surface area contributed by atoms with Gasteiger partial charge in [0.25, 0.3) is 0 Å². The SMILES string of the molecule is CC/C=C(\Nc1ccc(N2CCC(C)CC2)cc1)c1ccccc1-c1ccc(C(F)(F)F)cc1. The van der Waals surface area contributed by atoms with Crippen LogP contribution < -0.4 is 10.2 Å². The summed E-state index contributed by atoms with van der Waals surface area (Å²) in [7, 11) is 0. The highest BCUT2D eigenvalue weighted by Crippen LogP contribution is 2.34. The zero-order valence-corrected chi connectivity index (χ0v) is 19.7. The second-order valence-corrected chi connectivity index (χ2v) is 8.99. The van der Waals surface area contributed by atoms with Crippen LogP contribution in [0.25, 0.3) is 16.8 Å². The van der Waals surface area contributed by atoms with Crippen LogP contribution in [0.2, 0.25) is 0 Å².